The summed E-state index contributed by atoms with van der Waals surface area (Å²) < 4.78 is 5.09. The number of amides is 5. The van der Waals surface area contributed by atoms with E-state index in [0.29, 0.717) is 31.7 Å². The lowest BCUT2D eigenvalue weighted by Gasteiger charge is -2.35. The normalized spacial score (nSPS) is 16.1. The van der Waals surface area contributed by atoms with Gasteiger partial charge in [0.1, 0.15) is 11.7 Å². The molecule has 4 unspecified atom stereocenters. The lowest BCUT2D eigenvalue weighted by molar-refractivity contribution is -0.139. The van der Waals surface area contributed by atoms with Gasteiger partial charge in [0.15, 0.2) is 0 Å². The molecule has 2 heterocycles. The molecule has 13 nitrogen and oxygen atoms in total. The highest BCUT2D eigenvalue weighted by molar-refractivity contribution is 6.38. The van der Waals surface area contributed by atoms with Gasteiger partial charge in [0.2, 0.25) is 29.8 Å². The van der Waals surface area contributed by atoms with E-state index in [1.165, 1.54) is 13.2 Å². The first-order chi connectivity index (χ1) is 21.6. The maximum atomic E-state index is 13.2. The fourth-order valence-electron chi connectivity index (χ4n) is 4.82. The number of urea groups is 1. The Balaban J connectivity index is 0.000000595. The Labute approximate surface area is 272 Å². The zero-order valence-electron chi connectivity index (χ0n) is 28.5. The Morgan fingerprint density at radius 2 is 1.83 bits per heavy atom. The van der Waals surface area contributed by atoms with Gasteiger partial charge in [-0.1, -0.05) is 60.1 Å². The van der Waals surface area contributed by atoms with Crippen molar-refractivity contribution in [2.24, 2.45) is 11.3 Å². The van der Waals surface area contributed by atoms with Crippen LogP contribution in [0.2, 0.25) is 0 Å². The lowest BCUT2D eigenvalue weighted by atomic mass is 9.85. The maximum absolute atomic E-state index is 13.2. The molecule has 46 heavy (non-hydrogen) atoms. The number of nitrogens with one attached hydrogen (secondary N) is 4. The van der Waals surface area contributed by atoms with Crippen molar-refractivity contribution >= 4 is 35.8 Å². The molecular weight excluding hydrogens is 592 g/mol. The highest BCUT2D eigenvalue weighted by atomic mass is 16.5. The number of carbonyl (C=O) groups is 6. The summed E-state index contributed by atoms with van der Waals surface area (Å²) in [6.07, 6.45) is 5.01. The smallest absolute Gasteiger partial charge is 0.316 e. The minimum atomic E-state index is -0.791. The zero-order chi connectivity index (χ0) is 35.0. The molecule has 0 aliphatic carbocycles. The van der Waals surface area contributed by atoms with Crippen LogP contribution in [0.25, 0.3) is 0 Å². The van der Waals surface area contributed by atoms with Gasteiger partial charge in [0, 0.05) is 25.2 Å². The van der Waals surface area contributed by atoms with Gasteiger partial charge in [-0.05, 0) is 43.6 Å². The van der Waals surface area contributed by atoms with Crippen molar-refractivity contribution < 1.29 is 33.5 Å². The van der Waals surface area contributed by atoms with E-state index in [0.717, 1.165) is 12.8 Å². The Morgan fingerprint density at radius 1 is 1.15 bits per heavy atom. The molecule has 256 valence electrons. The molecule has 1 aliphatic heterocycles. The number of carbonyl (C=O) groups excluding carboxylic acids is 6. The van der Waals surface area contributed by atoms with Gasteiger partial charge in [-0.15, -0.1) is 6.58 Å². The summed E-state index contributed by atoms with van der Waals surface area (Å²) in [4.78, 5) is 78.0. The van der Waals surface area contributed by atoms with Gasteiger partial charge in [0.05, 0.1) is 19.2 Å². The number of rotatable bonds is 15. The SMILES string of the molecule is C=CCNC(=O)C(=O)C(CCC)NC=O.COc1cccc(C(=O)C(NC(=O)NC(C(=O)N2CCCC2C)C(C)(C)C)C(C)C)n1. The summed E-state index contributed by atoms with van der Waals surface area (Å²) in [5.74, 6) is -1.55. The summed E-state index contributed by atoms with van der Waals surface area (Å²) in [7, 11) is 1.48. The second-order valence-corrected chi connectivity index (χ2v) is 12.6. The number of ketones is 2. The van der Waals surface area contributed by atoms with Gasteiger partial charge in [0.25, 0.3) is 5.91 Å². The third-order valence-corrected chi connectivity index (χ3v) is 7.44. The van der Waals surface area contributed by atoms with Crippen LogP contribution in [-0.2, 0) is 19.2 Å². The van der Waals surface area contributed by atoms with Crippen molar-refractivity contribution in [1.29, 1.82) is 0 Å². The first-order valence-electron chi connectivity index (χ1n) is 15.7. The lowest BCUT2D eigenvalue weighted by Crippen LogP contribution is -2.59. The van der Waals surface area contributed by atoms with Crippen LogP contribution in [0.5, 0.6) is 5.88 Å². The summed E-state index contributed by atoms with van der Waals surface area (Å²) in [6.45, 7) is 17.7. The molecule has 0 aromatic carbocycles. The summed E-state index contributed by atoms with van der Waals surface area (Å²) in [5.41, 5.74) is -0.268. The van der Waals surface area contributed by atoms with E-state index < -0.39 is 41.3 Å². The fourth-order valence-corrected chi connectivity index (χ4v) is 4.82. The van der Waals surface area contributed by atoms with Crippen LogP contribution in [0.3, 0.4) is 0 Å². The van der Waals surface area contributed by atoms with Gasteiger partial charge >= 0.3 is 6.03 Å². The Morgan fingerprint density at radius 3 is 2.33 bits per heavy atom. The van der Waals surface area contributed by atoms with Crippen molar-refractivity contribution in [1.82, 2.24) is 31.2 Å². The standard InChI is InChI=1S/C23H36N4O4.C10H16N2O3/c1-14(2)18(19(28)16-11-8-12-17(24-16)31-7)25-22(30)26-20(23(4,5)6)21(29)27-13-9-10-15(27)3;1-3-5-8(12-7-13)9(14)10(15)11-6-4-2/h8,11-12,14-15,18,20H,9-10,13H2,1-7H3,(H2,25,26,30);4,7-8H,2-3,5-6H2,1H3,(H,11,15)(H,12,13). The van der Waals surface area contributed by atoms with Gasteiger partial charge in [-0.25, -0.2) is 9.78 Å². The largest absolute Gasteiger partial charge is 0.481 e. The van der Waals surface area contributed by atoms with E-state index in [-0.39, 0.29) is 35.9 Å². The quantitative estimate of drug-likeness (QED) is 0.0975. The van der Waals surface area contributed by atoms with Crippen LogP contribution in [0.4, 0.5) is 4.79 Å². The van der Waals surface area contributed by atoms with Gasteiger partial charge in [-0.3, -0.25) is 24.0 Å². The first kappa shape index (κ1) is 39.7. The van der Waals surface area contributed by atoms with Crippen molar-refractivity contribution in [2.75, 3.05) is 20.2 Å². The number of ether oxygens (including phenoxy) is 1. The van der Waals surface area contributed by atoms with Crippen LogP contribution in [0.15, 0.2) is 30.9 Å². The summed E-state index contributed by atoms with van der Waals surface area (Å²) in [6, 6.07) is 2.32. The predicted octanol–water partition coefficient (Wildman–Crippen LogP) is 2.79. The molecule has 0 radical (unpaired) electrons. The molecule has 1 fully saturated rings. The maximum Gasteiger partial charge on any atom is 0.316 e. The Bertz CT molecular complexity index is 1210. The molecule has 0 saturated carbocycles. The second-order valence-electron chi connectivity index (χ2n) is 12.6. The monoisotopic (exact) mass is 644 g/mol. The van der Waals surface area contributed by atoms with Crippen LogP contribution in [0.1, 0.15) is 84.6 Å². The summed E-state index contributed by atoms with van der Waals surface area (Å²) in [5, 5.41) is 10.3. The molecular formula is C33H52N6O7. The van der Waals surface area contributed by atoms with E-state index in [9.17, 15) is 28.8 Å². The average molecular weight is 645 g/mol. The van der Waals surface area contributed by atoms with E-state index in [1.807, 2.05) is 53.4 Å². The molecule has 5 amide bonds. The number of Topliss-reactive ketones (excluding diaryl/α,β-unsaturated/α-hetero) is 2. The topological polar surface area (TPSA) is 176 Å². The molecule has 0 bridgehead atoms. The number of nitrogens with zero attached hydrogens (tertiary/aromatic N) is 2. The second kappa shape index (κ2) is 19.3. The number of likely N-dealkylation sites (tertiary alicyclic amines) is 1. The number of methoxy groups -OCH3 is 1. The number of pyridine rings is 1. The molecule has 1 saturated heterocycles. The number of hydrogen-bond acceptors (Lipinski definition) is 8. The van der Waals surface area contributed by atoms with Crippen molar-refractivity contribution in [3.8, 4) is 5.88 Å². The fraction of sp³-hybridized carbons (Fsp3) is 0.606. The van der Waals surface area contributed by atoms with Crippen LogP contribution in [0, 0.1) is 11.3 Å². The van der Waals surface area contributed by atoms with Crippen molar-refractivity contribution in [3.63, 3.8) is 0 Å². The molecule has 0 spiro atoms. The Hall–Kier alpha value is -4.29. The minimum absolute atomic E-state index is 0.0884. The summed E-state index contributed by atoms with van der Waals surface area (Å²) >= 11 is 0. The molecule has 1 aromatic heterocycles. The molecule has 4 atom stereocenters. The third kappa shape index (κ3) is 12.2. The zero-order valence-corrected chi connectivity index (χ0v) is 28.5. The van der Waals surface area contributed by atoms with E-state index in [1.54, 1.807) is 18.2 Å². The third-order valence-electron chi connectivity index (χ3n) is 7.44. The molecule has 4 N–H and O–H groups in total. The van der Waals surface area contributed by atoms with Gasteiger partial charge < -0.3 is 30.9 Å². The van der Waals surface area contributed by atoms with Crippen molar-refractivity contribution in [2.45, 2.75) is 98.3 Å². The van der Waals surface area contributed by atoms with Crippen LogP contribution < -0.4 is 26.0 Å². The molecule has 13 heteroatoms. The van der Waals surface area contributed by atoms with Crippen LogP contribution >= 0.6 is 0 Å². The average Bonchev–Trinajstić information content (AvgIpc) is 3.45. The molecule has 2 rings (SSSR count). The Kier molecular flexibility index (Phi) is 16.6. The van der Waals surface area contributed by atoms with Crippen LogP contribution in [-0.4, -0.2) is 90.1 Å². The number of aromatic nitrogens is 1. The predicted molar refractivity (Wildman–Crippen MR) is 175 cm³/mol. The first-order valence-corrected chi connectivity index (χ1v) is 15.7. The molecule has 1 aromatic rings. The van der Waals surface area contributed by atoms with E-state index >= 15 is 0 Å². The minimum Gasteiger partial charge on any atom is -0.481 e. The molecule has 1 aliphatic rings. The number of hydrogen-bond donors (Lipinski definition) is 4. The van der Waals surface area contributed by atoms with E-state index in [2.05, 4.69) is 32.8 Å². The highest BCUT2D eigenvalue weighted by Crippen LogP contribution is 2.25. The highest BCUT2D eigenvalue weighted by Gasteiger charge is 2.39. The van der Waals surface area contributed by atoms with Gasteiger partial charge in [-0.2, -0.15) is 0 Å². The van der Waals surface area contributed by atoms with E-state index in [4.69, 9.17) is 4.74 Å². The van der Waals surface area contributed by atoms with Crippen molar-refractivity contribution in [3.05, 3.63) is 36.5 Å².